The second-order valence-electron chi connectivity index (χ2n) is 7.87. The van der Waals surface area contributed by atoms with Gasteiger partial charge >= 0.3 is 7.12 Å². The van der Waals surface area contributed by atoms with Crippen molar-refractivity contribution in [3.8, 4) is 16.9 Å². The van der Waals surface area contributed by atoms with Crippen molar-refractivity contribution in [2.75, 3.05) is 7.11 Å². The number of methoxy groups -OCH3 is 1. The van der Waals surface area contributed by atoms with Crippen LogP contribution in [0.15, 0.2) is 42.7 Å². The van der Waals surface area contributed by atoms with Crippen LogP contribution in [-0.4, -0.2) is 34.4 Å². The molecule has 0 bridgehead atoms. The summed E-state index contributed by atoms with van der Waals surface area (Å²) in [5.74, 6) is 0.834. The number of rotatable bonds is 4. The first kappa shape index (κ1) is 20.1. The lowest BCUT2D eigenvalue weighted by atomic mass is 9.79. The molecule has 1 aromatic carbocycles. The van der Waals surface area contributed by atoms with Gasteiger partial charge in [-0.2, -0.15) is 0 Å². The molecule has 0 spiro atoms. The number of aromatic nitrogens is 2. The van der Waals surface area contributed by atoms with E-state index in [-0.39, 0.29) is 11.2 Å². The molecule has 28 heavy (non-hydrogen) atoms. The molecule has 3 heterocycles. The predicted molar refractivity (Wildman–Crippen MR) is 124 cm³/mol. The average Bonchev–Trinajstić information content (AvgIpc) is 3.14. The van der Waals surface area contributed by atoms with Crippen molar-refractivity contribution >= 4 is 53.9 Å². The highest BCUT2D eigenvalue weighted by atomic mass is 127. The zero-order valence-electron chi connectivity index (χ0n) is 16.5. The number of nitrogens with zero attached hydrogens (tertiary/aromatic N) is 2. The molecule has 8 heteroatoms. The lowest BCUT2D eigenvalue weighted by Gasteiger charge is -2.32. The number of hydrogen-bond donors (Lipinski definition) is 0. The van der Waals surface area contributed by atoms with Crippen molar-refractivity contribution in [2.45, 2.75) is 38.9 Å². The summed E-state index contributed by atoms with van der Waals surface area (Å²) in [6.45, 7) is 8.23. The third kappa shape index (κ3) is 3.24. The van der Waals surface area contributed by atoms with Gasteiger partial charge in [-0.15, -0.1) is 0 Å². The van der Waals surface area contributed by atoms with Crippen LogP contribution in [0.4, 0.5) is 0 Å². The Balaban J connectivity index is 1.86. The Morgan fingerprint density at radius 1 is 1.11 bits per heavy atom. The number of fused-ring (bicyclic) bond motifs is 1. The largest absolute Gasteiger partial charge is 0.496 e. The number of pyridine rings is 1. The zero-order chi connectivity index (χ0) is 20.1. The number of halogens is 1. The minimum atomic E-state index is -0.442. The standard InChI is InChI=1S/C20H22BIN2O3S/c1-19(2)20(3,4)27-21(26-19)13-10-15-16(12-24(28-22)18(15)23-11-13)14-8-6-7-9-17(14)25-5/h6-12H,1-5H3. The molecule has 0 saturated carbocycles. The topological polar surface area (TPSA) is 45.5 Å². The van der Waals surface area contributed by atoms with Crippen LogP contribution in [-0.2, 0) is 9.31 Å². The fraction of sp³-hybridized carbons (Fsp3) is 0.350. The molecule has 0 radical (unpaired) electrons. The highest BCUT2D eigenvalue weighted by Gasteiger charge is 2.51. The van der Waals surface area contributed by atoms with E-state index < -0.39 is 7.12 Å². The molecule has 2 aromatic heterocycles. The summed E-state index contributed by atoms with van der Waals surface area (Å²) in [4.78, 5) is 4.73. The van der Waals surface area contributed by atoms with Gasteiger partial charge in [-0.05, 0) is 39.8 Å². The minimum Gasteiger partial charge on any atom is -0.496 e. The van der Waals surface area contributed by atoms with E-state index in [1.807, 2.05) is 24.4 Å². The molecule has 0 aliphatic carbocycles. The molecule has 3 aromatic rings. The molecule has 0 amide bonds. The predicted octanol–water partition coefficient (Wildman–Crippen LogP) is 4.86. The molecule has 1 saturated heterocycles. The van der Waals surface area contributed by atoms with Gasteiger partial charge < -0.3 is 14.0 Å². The Morgan fingerprint density at radius 2 is 1.79 bits per heavy atom. The van der Waals surface area contributed by atoms with Crippen LogP contribution in [0, 0.1) is 0 Å². The van der Waals surface area contributed by atoms with E-state index in [0.29, 0.717) is 0 Å². The van der Waals surface area contributed by atoms with Crippen LogP contribution in [0.1, 0.15) is 27.7 Å². The van der Waals surface area contributed by atoms with E-state index in [9.17, 15) is 0 Å². The molecular weight excluding hydrogens is 486 g/mol. The van der Waals surface area contributed by atoms with Crippen LogP contribution < -0.4 is 10.2 Å². The first-order valence-electron chi connectivity index (χ1n) is 9.06. The first-order valence-corrected chi connectivity index (χ1v) is 12.4. The van der Waals surface area contributed by atoms with E-state index in [0.717, 1.165) is 33.4 Å². The maximum Gasteiger partial charge on any atom is 0.496 e. The van der Waals surface area contributed by atoms with Gasteiger partial charge in [0.1, 0.15) is 5.75 Å². The quantitative estimate of drug-likeness (QED) is 0.373. The van der Waals surface area contributed by atoms with Gasteiger partial charge in [0.2, 0.25) is 0 Å². The third-order valence-corrected chi connectivity index (χ3v) is 7.33. The Hall–Kier alpha value is -1.23. The van der Waals surface area contributed by atoms with Crippen molar-refractivity contribution in [3.05, 3.63) is 42.7 Å². The SMILES string of the molecule is COc1ccccc1-c1cn(SI)c2ncc(B3OC(C)(C)C(C)(C)O3)cc12. The molecular formula is C20H22BIN2O3S. The van der Waals surface area contributed by atoms with Crippen LogP contribution in [0.2, 0.25) is 0 Å². The molecule has 5 nitrogen and oxygen atoms in total. The molecule has 0 N–H and O–H groups in total. The number of hydrogen-bond acceptors (Lipinski definition) is 5. The number of benzene rings is 1. The lowest BCUT2D eigenvalue weighted by Crippen LogP contribution is -2.41. The molecule has 1 aliphatic heterocycles. The van der Waals surface area contributed by atoms with Crippen molar-refractivity contribution in [1.29, 1.82) is 0 Å². The van der Waals surface area contributed by atoms with Gasteiger partial charge in [-0.25, -0.2) is 4.98 Å². The second kappa shape index (κ2) is 7.23. The third-order valence-electron chi connectivity index (χ3n) is 5.63. The highest BCUT2D eigenvalue weighted by molar-refractivity contribution is 14.2. The van der Waals surface area contributed by atoms with Crippen LogP contribution >= 0.6 is 30.3 Å². The summed E-state index contributed by atoms with van der Waals surface area (Å²) in [5, 5.41) is 1.04. The van der Waals surface area contributed by atoms with E-state index in [1.54, 1.807) is 16.2 Å². The normalized spacial score (nSPS) is 18.0. The van der Waals surface area contributed by atoms with Gasteiger partial charge in [0, 0.05) is 64.7 Å². The fourth-order valence-electron chi connectivity index (χ4n) is 3.34. The van der Waals surface area contributed by atoms with Gasteiger partial charge in [0.15, 0.2) is 5.65 Å². The van der Waals surface area contributed by atoms with Gasteiger partial charge in [-0.1, -0.05) is 18.2 Å². The molecule has 1 fully saturated rings. The molecule has 0 unspecified atom stereocenters. The Morgan fingerprint density at radius 3 is 2.43 bits per heavy atom. The van der Waals surface area contributed by atoms with Crippen molar-refractivity contribution < 1.29 is 14.0 Å². The Kier molecular flexibility index (Phi) is 5.18. The molecule has 4 rings (SSSR count). The average molecular weight is 508 g/mol. The Labute approximate surface area is 182 Å². The zero-order valence-corrected chi connectivity index (χ0v) is 19.5. The summed E-state index contributed by atoms with van der Waals surface area (Å²) in [7, 11) is 2.84. The van der Waals surface area contributed by atoms with Crippen molar-refractivity contribution in [3.63, 3.8) is 0 Å². The summed E-state index contributed by atoms with van der Waals surface area (Å²) in [6.07, 6.45) is 3.94. The van der Waals surface area contributed by atoms with E-state index >= 15 is 0 Å². The van der Waals surface area contributed by atoms with Crippen LogP contribution in [0.3, 0.4) is 0 Å². The monoisotopic (exact) mass is 508 g/mol. The van der Waals surface area contributed by atoms with Gasteiger partial charge in [0.25, 0.3) is 0 Å². The van der Waals surface area contributed by atoms with Crippen molar-refractivity contribution in [1.82, 2.24) is 8.96 Å². The van der Waals surface area contributed by atoms with Crippen molar-refractivity contribution in [2.24, 2.45) is 0 Å². The van der Waals surface area contributed by atoms with E-state index in [2.05, 4.69) is 71.2 Å². The molecule has 146 valence electrons. The highest BCUT2D eigenvalue weighted by Crippen LogP contribution is 2.39. The summed E-state index contributed by atoms with van der Waals surface area (Å²) < 4.78 is 20.1. The number of ether oxygens (including phenoxy) is 1. The lowest BCUT2D eigenvalue weighted by molar-refractivity contribution is 0.00578. The van der Waals surface area contributed by atoms with Gasteiger partial charge in [-0.3, -0.25) is 3.97 Å². The van der Waals surface area contributed by atoms with E-state index in [4.69, 9.17) is 19.0 Å². The minimum absolute atomic E-state index is 0.387. The molecule has 1 aliphatic rings. The van der Waals surface area contributed by atoms with E-state index in [1.165, 1.54) is 0 Å². The summed E-state index contributed by atoms with van der Waals surface area (Å²) >= 11 is 2.27. The van der Waals surface area contributed by atoms with Crippen LogP contribution in [0.25, 0.3) is 22.2 Å². The maximum atomic E-state index is 6.22. The smallest absolute Gasteiger partial charge is 0.496 e. The summed E-state index contributed by atoms with van der Waals surface area (Å²) in [6, 6.07) is 10.2. The maximum absolute atomic E-state index is 6.22. The number of para-hydroxylation sites is 1. The van der Waals surface area contributed by atoms with Gasteiger partial charge in [0.05, 0.1) is 18.3 Å². The fourth-order valence-corrected chi connectivity index (χ4v) is 4.59. The molecule has 0 atom stereocenters. The summed E-state index contributed by atoms with van der Waals surface area (Å²) in [5.41, 5.74) is 3.15. The second-order valence-corrected chi connectivity index (χ2v) is 9.58. The van der Waals surface area contributed by atoms with Crippen LogP contribution in [0.5, 0.6) is 5.75 Å². The first-order chi connectivity index (χ1) is 13.3. The Bertz CT molecular complexity index is 1020.